The minimum atomic E-state index is -0.506. The van der Waals surface area contributed by atoms with E-state index in [4.69, 9.17) is 5.73 Å². The van der Waals surface area contributed by atoms with Gasteiger partial charge in [-0.25, -0.2) is 0 Å². The number of hydrogen-bond acceptors (Lipinski definition) is 5. The number of thioether (sulfide) groups is 1. The van der Waals surface area contributed by atoms with Crippen LogP contribution in [0.15, 0.2) is 23.1 Å². The second-order valence-electron chi connectivity index (χ2n) is 6.28. The van der Waals surface area contributed by atoms with E-state index in [9.17, 15) is 14.4 Å². The minimum Gasteiger partial charge on any atom is -0.365 e. The van der Waals surface area contributed by atoms with Crippen molar-refractivity contribution in [3.8, 4) is 0 Å². The van der Waals surface area contributed by atoms with E-state index in [1.165, 1.54) is 23.1 Å². The molecule has 2 aliphatic rings. The lowest BCUT2D eigenvalue weighted by Gasteiger charge is -2.17. The van der Waals surface area contributed by atoms with Crippen LogP contribution in [0.3, 0.4) is 0 Å². The maximum atomic E-state index is 12.7. The molecule has 0 bridgehead atoms. The van der Waals surface area contributed by atoms with Gasteiger partial charge in [0.1, 0.15) is 5.00 Å². The van der Waals surface area contributed by atoms with Crippen LogP contribution in [0, 0.1) is 0 Å². The number of amides is 3. The molecule has 0 saturated heterocycles. The first-order valence-corrected chi connectivity index (χ1v) is 10.2. The molecule has 1 aliphatic heterocycles. The summed E-state index contributed by atoms with van der Waals surface area (Å²) in [6.45, 7) is 0. The van der Waals surface area contributed by atoms with E-state index in [0.717, 1.165) is 41.0 Å². The van der Waals surface area contributed by atoms with Crippen molar-refractivity contribution in [2.24, 2.45) is 5.73 Å². The fourth-order valence-electron chi connectivity index (χ4n) is 3.31. The molecule has 0 fully saturated rings. The topological polar surface area (TPSA) is 101 Å². The van der Waals surface area contributed by atoms with Crippen molar-refractivity contribution in [1.82, 2.24) is 0 Å². The van der Waals surface area contributed by atoms with Crippen molar-refractivity contribution in [1.29, 1.82) is 0 Å². The highest BCUT2D eigenvalue weighted by atomic mass is 32.2. The molecule has 4 rings (SSSR count). The van der Waals surface area contributed by atoms with Crippen LogP contribution in [0.2, 0.25) is 0 Å². The van der Waals surface area contributed by atoms with Gasteiger partial charge in [0, 0.05) is 15.3 Å². The second kappa shape index (κ2) is 6.77. The Bertz CT molecular complexity index is 936. The molecule has 1 aliphatic carbocycles. The third-order valence-electron chi connectivity index (χ3n) is 4.52. The first-order valence-electron chi connectivity index (χ1n) is 8.35. The number of anilines is 2. The SMILES string of the molecule is NC(=O)c1c(NC(=O)c2ccc3c(c2)NC(=O)CS3)sc2c1CCCC2. The lowest BCUT2D eigenvalue weighted by atomic mass is 9.95. The highest BCUT2D eigenvalue weighted by molar-refractivity contribution is 8.00. The molecule has 2 heterocycles. The smallest absolute Gasteiger partial charge is 0.256 e. The van der Waals surface area contributed by atoms with Gasteiger partial charge in [-0.2, -0.15) is 0 Å². The Morgan fingerprint density at radius 3 is 2.81 bits per heavy atom. The average molecular weight is 387 g/mol. The summed E-state index contributed by atoms with van der Waals surface area (Å²) >= 11 is 2.88. The maximum Gasteiger partial charge on any atom is 0.256 e. The molecule has 2 aromatic rings. The Labute approximate surface area is 158 Å². The zero-order chi connectivity index (χ0) is 18.3. The third kappa shape index (κ3) is 3.10. The first kappa shape index (κ1) is 17.1. The Morgan fingerprint density at radius 2 is 2.00 bits per heavy atom. The second-order valence-corrected chi connectivity index (χ2v) is 8.40. The predicted molar refractivity (Wildman–Crippen MR) is 103 cm³/mol. The molecule has 6 nitrogen and oxygen atoms in total. The first-order chi connectivity index (χ1) is 12.5. The van der Waals surface area contributed by atoms with E-state index in [2.05, 4.69) is 10.6 Å². The predicted octanol–water partition coefficient (Wildman–Crippen LogP) is 3.02. The van der Waals surface area contributed by atoms with Gasteiger partial charge in [-0.05, 0) is 49.4 Å². The number of carbonyl (C=O) groups is 3. The van der Waals surface area contributed by atoms with Crippen molar-refractivity contribution in [3.63, 3.8) is 0 Å². The molecule has 1 aromatic carbocycles. The third-order valence-corrected chi connectivity index (χ3v) is 6.80. The van der Waals surface area contributed by atoms with E-state index < -0.39 is 5.91 Å². The van der Waals surface area contributed by atoms with Crippen LogP contribution in [-0.2, 0) is 17.6 Å². The number of primary amides is 1. The van der Waals surface area contributed by atoms with Gasteiger partial charge in [-0.15, -0.1) is 23.1 Å². The number of nitrogens with two attached hydrogens (primary N) is 1. The maximum absolute atomic E-state index is 12.7. The number of nitrogens with one attached hydrogen (secondary N) is 2. The van der Waals surface area contributed by atoms with Gasteiger partial charge in [0.25, 0.3) is 11.8 Å². The van der Waals surface area contributed by atoms with E-state index in [0.29, 0.717) is 27.6 Å². The summed E-state index contributed by atoms with van der Waals surface area (Å²) in [4.78, 5) is 38.2. The highest BCUT2D eigenvalue weighted by Crippen LogP contribution is 2.38. The van der Waals surface area contributed by atoms with Crippen LogP contribution in [0.4, 0.5) is 10.7 Å². The van der Waals surface area contributed by atoms with Gasteiger partial charge in [0.05, 0.1) is 17.0 Å². The molecule has 0 spiro atoms. The van der Waals surface area contributed by atoms with Gasteiger partial charge < -0.3 is 16.4 Å². The van der Waals surface area contributed by atoms with Gasteiger partial charge in [0.15, 0.2) is 0 Å². The molecule has 26 heavy (non-hydrogen) atoms. The lowest BCUT2D eigenvalue weighted by Crippen LogP contribution is -2.20. The van der Waals surface area contributed by atoms with Gasteiger partial charge in [-0.3, -0.25) is 14.4 Å². The zero-order valence-corrected chi connectivity index (χ0v) is 15.5. The van der Waals surface area contributed by atoms with Crippen molar-refractivity contribution < 1.29 is 14.4 Å². The molecule has 4 N–H and O–H groups in total. The Balaban J connectivity index is 1.63. The van der Waals surface area contributed by atoms with Crippen LogP contribution < -0.4 is 16.4 Å². The van der Waals surface area contributed by atoms with Gasteiger partial charge >= 0.3 is 0 Å². The number of aryl methyl sites for hydroxylation is 1. The van der Waals surface area contributed by atoms with Gasteiger partial charge in [-0.1, -0.05) is 0 Å². The normalized spacial score (nSPS) is 15.6. The molecule has 0 atom stereocenters. The van der Waals surface area contributed by atoms with E-state index in [-0.39, 0.29) is 11.8 Å². The fraction of sp³-hybridized carbons (Fsp3) is 0.278. The minimum absolute atomic E-state index is 0.0815. The quantitative estimate of drug-likeness (QED) is 0.753. The number of thiophene rings is 1. The fourth-order valence-corrected chi connectivity index (χ4v) is 5.39. The molecule has 134 valence electrons. The van der Waals surface area contributed by atoms with Crippen molar-refractivity contribution >= 4 is 51.5 Å². The zero-order valence-electron chi connectivity index (χ0n) is 13.9. The van der Waals surface area contributed by atoms with E-state index in [1.807, 2.05) is 6.07 Å². The summed E-state index contributed by atoms with van der Waals surface area (Å²) in [5.74, 6) is -0.532. The van der Waals surface area contributed by atoms with Gasteiger partial charge in [0.2, 0.25) is 5.91 Å². The van der Waals surface area contributed by atoms with Crippen LogP contribution >= 0.6 is 23.1 Å². The lowest BCUT2D eigenvalue weighted by molar-refractivity contribution is -0.113. The van der Waals surface area contributed by atoms with Crippen molar-refractivity contribution in [3.05, 3.63) is 39.8 Å². The Hall–Kier alpha value is -2.32. The molecule has 0 radical (unpaired) electrons. The van der Waals surface area contributed by atoms with Crippen molar-refractivity contribution in [2.45, 2.75) is 30.6 Å². The molecule has 1 aromatic heterocycles. The van der Waals surface area contributed by atoms with E-state index in [1.54, 1.807) is 12.1 Å². The summed E-state index contributed by atoms with van der Waals surface area (Å²) in [6.07, 6.45) is 3.85. The standard InChI is InChI=1S/C18H17N3O3S2/c19-16(23)15-10-3-1-2-4-12(10)26-18(15)21-17(24)9-5-6-13-11(7-9)20-14(22)8-25-13/h5-7H,1-4,8H2,(H2,19,23)(H,20,22)(H,21,24). The summed E-state index contributed by atoms with van der Waals surface area (Å²) in [5, 5.41) is 6.14. The number of benzene rings is 1. The average Bonchev–Trinajstić information content (AvgIpc) is 2.98. The summed E-state index contributed by atoms with van der Waals surface area (Å²) < 4.78 is 0. The molecular formula is C18H17N3O3S2. The monoisotopic (exact) mass is 387 g/mol. The number of carbonyl (C=O) groups excluding carboxylic acids is 3. The molecule has 0 unspecified atom stereocenters. The Morgan fingerprint density at radius 1 is 1.19 bits per heavy atom. The molecular weight excluding hydrogens is 370 g/mol. The molecule has 0 saturated carbocycles. The van der Waals surface area contributed by atoms with E-state index >= 15 is 0 Å². The number of hydrogen-bond donors (Lipinski definition) is 3. The molecule has 8 heteroatoms. The Kier molecular flexibility index (Phi) is 4.46. The highest BCUT2D eigenvalue weighted by Gasteiger charge is 2.25. The van der Waals surface area contributed by atoms with Crippen LogP contribution in [0.1, 0.15) is 44.0 Å². The summed E-state index contributed by atoms with van der Waals surface area (Å²) in [5.41, 5.74) is 8.06. The van der Waals surface area contributed by atoms with Crippen LogP contribution in [-0.4, -0.2) is 23.5 Å². The number of rotatable bonds is 3. The largest absolute Gasteiger partial charge is 0.365 e. The van der Waals surface area contributed by atoms with Crippen LogP contribution in [0.5, 0.6) is 0 Å². The van der Waals surface area contributed by atoms with Crippen LogP contribution in [0.25, 0.3) is 0 Å². The van der Waals surface area contributed by atoms with Crippen molar-refractivity contribution in [2.75, 3.05) is 16.4 Å². The molecule has 3 amide bonds. The summed E-state index contributed by atoms with van der Waals surface area (Å²) in [7, 11) is 0. The summed E-state index contributed by atoms with van der Waals surface area (Å²) in [6, 6.07) is 5.20. The number of fused-ring (bicyclic) bond motifs is 2.